The standard InChI is InChI=1S/C20H13N5S/c21-18-17-14(10-26-20(17)23-11-22-18)16-9-7-13-6-8-15(24-19(13)25-16)12-4-2-1-3-5-12/h1-11H,(H2,21,22,23). The molecule has 0 fully saturated rings. The van der Waals surface area contributed by atoms with E-state index in [4.69, 9.17) is 15.7 Å². The maximum atomic E-state index is 6.06. The number of benzene rings is 1. The number of hydrogen-bond donors (Lipinski definition) is 1. The number of rotatable bonds is 2. The summed E-state index contributed by atoms with van der Waals surface area (Å²) in [5, 5.41) is 3.87. The van der Waals surface area contributed by atoms with Crippen molar-refractivity contribution >= 4 is 38.4 Å². The third kappa shape index (κ3) is 2.39. The van der Waals surface area contributed by atoms with E-state index < -0.39 is 0 Å². The summed E-state index contributed by atoms with van der Waals surface area (Å²) in [6, 6.07) is 18.2. The summed E-state index contributed by atoms with van der Waals surface area (Å²) in [5.41, 5.74) is 10.5. The molecule has 0 amide bonds. The highest BCUT2D eigenvalue weighted by molar-refractivity contribution is 7.17. The molecule has 0 aliphatic carbocycles. The second kappa shape index (κ2) is 5.86. The Kier molecular flexibility index (Phi) is 3.36. The second-order valence-electron chi connectivity index (χ2n) is 5.89. The molecule has 0 spiro atoms. The van der Waals surface area contributed by atoms with Gasteiger partial charge in [0.05, 0.1) is 16.8 Å². The zero-order chi connectivity index (χ0) is 17.5. The number of nitrogens with two attached hydrogens (primary N) is 1. The molecule has 0 aliphatic rings. The van der Waals surface area contributed by atoms with Gasteiger partial charge in [-0.05, 0) is 24.3 Å². The Morgan fingerprint density at radius 1 is 0.808 bits per heavy atom. The van der Waals surface area contributed by atoms with Crippen LogP contribution in [0.2, 0.25) is 0 Å². The number of nitrogen functional groups attached to an aromatic ring is 1. The van der Waals surface area contributed by atoms with Gasteiger partial charge < -0.3 is 5.73 Å². The Balaban J connectivity index is 1.69. The maximum absolute atomic E-state index is 6.06. The summed E-state index contributed by atoms with van der Waals surface area (Å²) in [7, 11) is 0. The summed E-state index contributed by atoms with van der Waals surface area (Å²) < 4.78 is 0. The van der Waals surface area contributed by atoms with Crippen molar-refractivity contribution in [3.63, 3.8) is 0 Å². The van der Waals surface area contributed by atoms with E-state index >= 15 is 0 Å². The largest absolute Gasteiger partial charge is 0.383 e. The van der Waals surface area contributed by atoms with Gasteiger partial charge in [0.25, 0.3) is 0 Å². The minimum Gasteiger partial charge on any atom is -0.383 e. The van der Waals surface area contributed by atoms with Crippen LogP contribution in [0, 0.1) is 0 Å². The average molecular weight is 355 g/mol. The molecule has 4 heterocycles. The predicted octanol–water partition coefficient (Wildman–Crippen LogP) is 4.55. The molecule has 0 unspecified atom stereocenters. The quantitative estimate of drug-likeness (QED) is 0.502. The topological polar surface area (TPSA) is 77.6 Å². The van der Waals surface area contributed by atoms with Gasteiger partial charge in [0.1, 0.15) is 17.0 Å². The highest BCUT2D eigenvalue weighted by Crippen LogP contribution is 2.35. The Morgan fingerprint density at radius 3 is 2.42 bits per heavy atom. The monoisotopic (exact) mass is 355 g/mol. The van der Waals surface area contributed by atoms with E-state index in [0.29, 0.717) is 11.5 Å². The lowest BCUT2D eigenvalue weighted by molar-refractivity contribution is 1.24. The Hall–Kier alpha value is -3.38. The van der Waals surface area contributed by atoms with Crippen molar-refractivity contribution in [1.29, 1.82) is 0 Å². The molecule has 1 aromatic carbocycles. The van der Waals surface area contributed by atoms with Gasteiger partial charge in [0.2, 0.25) is 0 Å². The fourth-order valence-electron chi connectivity index (χ4n) is 3.01. The van der Waals surface area contributed by atoms with Crippen molar-refractivity contribution in [2.24, 2.45) is 0 Å². The number of thiophene rings is 1. The van der Waals surface area contributed by atoms with Gasteiger partial charge in [-0.25, -0.2) is 19.9 Å². The molecule has 0 saturated heterocycles. The molecule has 5 nitrogen and oxygen atoms in total. The molecular weight excluding hydrogens is 342 g/mol. The summed E-state index contributed by atoms with van der Waals surface area (Å²) in [6.07, 6.45) is 1.49. The molecular formula is C20H13N5S. The van der Waals surface area contributed by atoms with Crippen LogP contribution in [0.4, 0.5) is 5.82 Å². The first kappa shape index (κ1) is 14.9. The smallest absolute Gasteiger partial charge is 0.160 e. The highest BCUT2D eigenvalue weighted by atomic mass is 32.1. The Morgan fingerprint density at radius 2 is 1.58 bits per heavy atom. The van der Waals surface area contributed by atoms with Gasteiger partial charge in [-0.2, -0.15) is 0 Å². The van der Waals surface area contributed by atoms with Crippen LogP contribution in [-0.2, 0) is 0 Å². The first-order valence-electron chi connectivity index (χ1n) is 8.11. The van der Waals surface area contributed by atoms with E-state index in [1.54, 1.807) is 0 Å². The fraction of sp³-hybridized carbons (Fsp3) is 0. The van der Waals surface area contributed by atoms with E-state index in [2.05, 4.69) is 9.97 Å². The van der Waals surface area contributed by atoms with Crippen LogP contribution in [0.3, 0.4) is 0 Å². The molecule has 0 atom stereocenters. The molecule has 124 valence electrons. The minimum atomic E-state index is 0.471. The second-order valence-corrected chi connectivity index (χ2v) is 6.75. The first-order valence-corrected chi connectivity index (χ1v) is 8.99. The Labute approximate surface area is 153 Å². The van der Waals surface area contributed by atoms with Gasteiger partial charge in [-0.1, -0.05) is 30.3 Å². The maximum Gasteiger partial charge on any atom is 0.160 e. The normalized spacial score (nSPS) is 11.2. The summed E-state index contributed by atoms with van der Waals surface area (Å²) in [6.45, 7) is 0. The summed E-state index contributed by atoms with van der Waals surface area (Å²) in [5.74, 6) is 0.471. The zero-order valence-corrected chi connectivity index (χ0v) is 14.4. The average Bonchev–Trinajstić information content (AvgIpc) is 3.13. The van der Waals surface area contributed by atoms with E-state index in [0.717, 1.165) is 38.1 Å². The van der Waals surface area contributed by atoms with Gasteiger partial charge in [-0.15, -0.1) is 11.3 Å². The molecule has 0 aliphatic heterocycles. The van der Waals surface area contributed by atoms with Crippen LogP contribution in [-0.4, -0.2) is 19.9 Å². The number of nitrogens with zero attached hydrogens (tertiary/aromatic N) is 4. The van der Waals surface area contributed by atoms with E-state index in [9.17, 15) is 0 Å². The minimum absolute atomic E-state index is 0.471. The van der Waals surface area contributed by atoms with E-state index in [-0.39, 0.29) is 0 Å². The van der Waals surface area contributed by atoms with Crippen molar-refractivity contribution < 1.29 is 0 Å². The lowest BCUT2D eigenvalue weighted by Gasteiger charge is -2.05. The van der Waals surface area contributed by atoms with Gasteiger partial charge in [0, 0.05) is 21.9 Å². The summed E-state index contributed by atoms with van der Waals surface area (Å²) in [4.78, 5) is 18.8. The molecule has 26 heavy (non-hydrogen) atoms. The predicted molar refractivity (Wildman–Crippen MR) is 106 cm³/mol. The molecule has 0 bridgehead atoms. The van der Waals surface area contributed by atoms with Crippen LogP contribution in [0.1, 0.15) is 0 Å². The first-order chi connectivity index (χ1) is 12.8. The fourth-order valence-corrected chi connectivity index (χ4v) is 3.91. The van der Waals surface area contributed by atoms with Gasteiger partial charge >= 0.3 is 0 Å². The van der Waals surface area contributed by atoms with Crippen molar-refractivity contribution in [3.8, 4) is 22.5 Å². The molecule has 6 heteroatoms. The molecule has 5 rings (SSSR count). The SMILES string of the molecule is Nc1ncnc2scc(-c3ccc4ccc(-c5ccccc5)nc4n3)c12. The van der Waals surface area contributed by atoms with Crippen LogP contribution in [0.15, 0.2) is 66.3 Å². The lowest BCUT2D eigenvalue weighted by atomic mass is 10.1. The van der Waals surface area contributed by atoms with E-state index in [1.807, 2.05) is 60.0 Å². The van der Waals surface area contributed by atoms with Gasteiger partial charge in [-0.3, -0.25) is 0 Å². The van der Waals surface area contributed by atoms with Crippen molar-refractivity contribution in [2.45, 2.75) is 0 Å². The molecule has 4 aromatic heterocycles. The number of aromatic nitrogens is 4. The molecule has 0 radical (unpaired) electrons. The number of pyridine rings is 2. The number of anilines is 1. The van der Waals surface area contributed by atoms with Crippen molar-refractivity contribution in [1.82, 2.24) is 19.9 Å². The molecule has 0 saturated carbocycles. The third-order valence-corrected chi connectivity index (χ3v) is 5.18. The molecule has 5 aromatic rings. The van der Waals surface area contributed by atoms with E-state index in [1.165, 1.54) is 17.7 Å². The van der Waals surface area contributed by atoms with Crippen LogP contribution >= 0.6 is 11.3 Å². The van der Waals surface area contributed by atoms with Crippen molar-refractivity contribution in [2.75, 3.05) is 5.73 Å². The van der Waals surface area contributed by atoms with Crippen molar-refractivity contribution in [3.05, 3.63) is 66.3 Å². The number of fused-ring (bicyclic) bond motifs is 2. The van der Waals surface area contributed by atoms with Crippen LogP contribution in [0.25, 0.3) is 43.8 Å². The number of hydrogen-bond acceptors (Lipinski definition) is 6. The van der Waals surface area contributed by atoms with Crippen LogP contribution < -0.4 is 5.73 Å². The Bertz CT molecular complexity index is 1250. The third-order valence-electron chi connectivity index (χ3n) is 4.30. The zero-order valence-electron chi connectivity index (χ0n) is 13.6. The summed E-state index contributed by atoms with van der Waals surface area (Å²) >= 11 is 1.54. The lowest BCUT2D eigenvalue weighted by Crippen LogP contribution is -1.94. The molecule has 2 N–H and O–H groups in total. The van der Waals surface area contributed by atoms with Crippen LogP contribution in [0.5, 0.6) is 0 Å². The van der Waals surface area contributed by atoms with Gasteiger partial charge in [0.15, 0.2) is 5.65 Å². The highest BCUT2D eigenvalue weighted by Gasteiger charge is 2.13.